The molecule has 0 saturated heterocycles. The molecule has 0 fully saturated rings. The second-order valence-electron chi connectivity index (χ2n) is 5.94. The lowest BCUT2D eigenvalue weighted by Crippen LogP contribution is -2.28. The molecule has 3 rings (SSSR count). The summed E-state index contributed by atoms with van der Waals surface area (Å²) in [5.41, 5.74) is 3.19. The number of pyridine rings is 2. The van der Waals surface area contributed by atoms with Gasteiger partial charge >= 0.3 is 0 Å². The maximum atomic E-state index is 12.1. The summed E-state index contributed by atoms with van der Waals surface area (Å²) in [6.45, 7) is 2.89. The predicted molar refractivity (Wildman–Crippen MR) is 93.6 cm³/mol. The Balaban J connectivity index is 1.51. The molecule has 0 spiro atoms. The Labute approximate surface area is 147 Å². The summed E-state index contributed by atoms with van der Waals surface area (Å²) >= 11 is 0. The van der Waals surface area contributed by atoms with Gasteiger partial charge in [-0.1, -0.05) is 0 Å². The maximum absolute atomic E-state index is 12.1. The zero-order valence-corrected chi connectivity index (χ0v) is 14.5. The molecule has 0 radical (unpaired) electrons. The number of hydrogen-bond donors (Lipinski definition) is 1. The Bertz CT molecular complexity index is 734. The third-order valence-electron chi connectivity index (χ3n) is 4.13. The van der Waals surface area contributed by atoms with Gasteiger partial charge < -0.3 is 14.8 Å². The van der Waals surface area contributed by atoms with Gasteiger partial charge in [0.05, 0.1) is 6.61 Å². The van der Waals surface area contributed by atoms with Crippen molar-refractivity contribution in [2.24, 2.45) is 0 Å². The molecule has 2 heterocycles. The van der Waals surface area contributed by atoms with Crippen LogP contribution in [0.3, 0.4) is 0 Å². The van der Waals surface area contributed by atoms with Gasteiger partial charge in [0.25, 0.3) is 5.91 Å². The van der Waals surface area contributed by atoms with Crippen molar-refractivity contribution in [2.45, 2.75) is 39.2 Å². The van der Waals surface area contributed by atoms with E-state index in [-0.39, 0.29) is 12.5 Å². The Morgan fingerprint density at radius 1 is 1.16 bits per heavy atom. The molecule has 6 heteroatoms. The van der Waals surface area contributed by atoms with E-state index in [1.807, 2.05) is 25.1 Å². The molecule has 0 aliphatic heterocycles. The fourth-order valence-electron chi connectivity index (χ4n) is 2.91. The molecule has 1 aliphatic rings. The molecular weight excluding hydrogens is 318 g/mol. The molecule has 0 saturated carbocycles. The normalized spacial score (nSPS) is 13.0. The van der Waals surface area contributed by atoms with Crippen LogP contribution in [0.25, 0.3) is 0 Å². The van der Waals surface area contributed by atoms with Crippen molar-refractivity contribution < 1.29 is 14.3 Å². The minimum atomic E-state index is -0.156. The fourth-order valence-corrected chi connectivity index (χ4v) is 2.91. The van der Waals surface area contributed by atoms with Crippen LogP contribution in [0.4, 0.5) is 0 Å². The van der Waals surface area contributed by atoms with E-state index < -0.39 is 0 Å². The molecule has 2 aromatic heterocycles. The van der Waals surface area contributed by atoms with Gasteiger partial charge in [-0.05, 0) is 50.3 Å². The zero-order valence-electron chi connectivity index (χ0n) is 14.5. The Morgan fingerprint density at radius 3 is 2.88 bits per heavy atom. The fraction of sp³-hybridized carbons (Fsp3) is 0.421. The van der Waals surface area contributed by atoms with Crippen molar-refractivity contribution in [2.75, 3.05) is 13.2 Å². The lowest BCUT2D eigenvalue weighted by molar-refractivity contribution is -0.123. The van der Waals surface area contributed by atoms with Crippen molar-refractivity contribution in [3.05, 3.63) is 47.4 Å². The highest BCUT2D eigenvalue weighted by atomic mass is 16.5. The minimum absolute atomic E-state index is 0.000145. The van der Waals surface area contributed by atoms with E-state index in [1.54, 1.807) is 12.4 Å². The number of nitrogens with one attached hydrogen (secondary N) is 1. The van der Waals surface area contributed by atoms with Gasteiger partial charge in [-0.25, -0.2) is 4.98 Å². The molecule has 1 amide bonds. The van der Waals surface area contributed by atoms with Crippen LogP contribution in [-0.2, 0) is 24.2 Å². The van der Waals surface area contributed by atoms with Crippen LogP contribution < -0.4 is 14.8 Å². The number of fused-ring (bicyclic) bond motifs is 1. The first-order chi connectivity index (χ1) is 12.3. The molecule has 2 aromatic rings. The van der Waals surface area contributed by atoms with Crippen molar-refractivity contribution >= 4 is 5.91 Å². The second kappa shape index (κ2) is 8.46. The van der Waals surface area contributed by atoms with Gasteiger partial charge in [0.2, 0.25) is 5.88 Å². The van der Waals surface area contributed by atoms with Crippen molar-refractivity contribution in [3.8, 4) is 11.6 Å². The quantitative estimate of drug-likeness (QED) is 0.837. The van der Waals surface area contributed by atoms with E-state index in [9.17, 15) is 4.79 Å². The first-order valence-electron chi connectivity index (χ1n) is 8.70. The average Bonchev–Trinajstić information content (AvgIpc) is 2.65. The number of carbonyl (C=O) groups excluding carboxylic acids is 1. The van der Waals surface area contributed by atoms with E-state index in [0.29, 0.717) is 19.0 Å². The Kier molecular flexibility index (Phi) is 5.82. The number of nitrogens with zero attached hydrogens (tertiary/aromatic N) is 2. The van der Waals surface area contributed by atoms with E-state index >= 15 is 0 Å². The van der Waals surface area contributed by atoms with Gasteiger partial charge in [0.1, 0.15) is 5.75 Å². The lowest BCUT2D eigenvalue weighted by atomic mass is 9.95. The second-order valence-corrected chi connectivity index (χ2v) is 5.94. The van der Waals surface area contributed by atoms with Crippen LogP contribution in [0.5, 0.6) is 11.6 Å². The highest BCUT2D eigenvalue weighted by Gasteiger charge is 2.15. The summed E-state index contributed by atoms with van der Waals surface area (Å²) in [5, 5.41) is 2.86. The first kappa shape index (κ1) is 17.2. The van der Waals surface area contributed by atoms with E-state index in [4.69, 9.17) is 9.47 Å². The number of rotatable bonds is 7. The van der Waals surface area contributed by atoms with E-state index in [2.05, 4.69) is 15.3 Å². The predicted octanol–water partition coefficient (Wildman–Crippen LogP) is 2.45. The summed E-state index contributed by atoms with van der Waals surface area (Å²) in [6, 6.07) is 5.52. The van der Waals surface area contributed by atoms with Crippen molar-refractivity contribution in [3.63, 3.8) is 0 Å². The van der Waals surface area contributed by atoms with Crippen molar-refractivity contribution in [1.82, 2.24) is 15.3 Å². The van der Waals surface area contributed by atoms with Crippen LogP contribution in [0, 0.1) is 0 Å². The summed E-state index contributed by atoms with van der Waals surface area (Å²) in [5.74, 6) is 1.19. The lowest BCUT2D eigenvalue weighted by Gasteiger charge is -2.18. The maximum Gasteiger partial charge on any atom is 0.258 e. The summed E-state index contributed by atoms with van der Waals surface area (Å²) in [6.07, 6.45) is 7.70. The van der Waals surface area contributed by atoms with Crippen LogP contribution >= 0.6 is 0 Å². The van der Waals surface area contributed by atoms with Gasteiger partial charge in [-0.2, -0.15) is 0 Å². The number of hydrogen-bond acceptors (Lipinski definition) is 5. The van der Waals surface area contributed by atoms with Gasteiger partial charge in [0.15, 0.2) is 6.61 Å². The number of carbonyl (C=O) groups is 1. The molecule has 6 nitrogen and oxygen atoms in total. The molecule has 1 aliphatic carbocycles. The number of amides is 1. The largest absolute Gasteiger partial charge is 0.483 e. The third-order valence-corrected chi connectivity index (χ3v) is 4.13. The van der Waals surface area contributed by atoms with E-state index in [0.717, 1.165) is 41.8 Å². The molecule has 0 aromatic carbocycles. The first-order valence-corrected chi connectivity index (χ1v) is 8.70. The van der Waals surface area contributed by atoms with Crippen LogP contribution in [-0.4, -0.2) is 29.1 Å². The van der Waals surface area contributed by atoms with Crippen LogP contribution in [0.1, 0.15) is 36.6 Å². The molecular formula is C19H23N3O3. The molecule has 0 atom stereocenters. The molecule has 1 N–H and O–H groups in total. The number of ether oxygens (including phenoxy) is 2. The highest BCUT2D eigenvalue weighted by molar-refractivity contribution is 5.77. The molecule has 132 valence electrons. The molecule has 0 unspecified atom stereocenters. The summed E-state index contributed by atoms with van der Waals surface area (Å²) in [7, 11) is 0. The van der Waals surface area contributed by atoms with Gasteiger partial charge in [-0.15, -0.1) is 0 Å². The average molecular weight is 341 g/mol. The van der Waals surface area contributed by atoms with Gasteiger partial charge in [-0.3, -0.25) is 9.78 Å². The van der Waals surface area contributed by atoms with Crippen molar-refractivity contribution in [1.29, 1.82) is 0 Å². The van der Waals surface area contributed by atoms with E-state index in [1.165, 1.54) is 6.42 Å². The van der Waals surface area contributed by atoms with Crippen LogP contribution in [0.2, 0.25) is 0 Å². The summed E-state index contributed by atoms with van der Waals surface area (Å²) < 4.78 is 11.1. The standard InChI is InChI=1S/C19H23N3O3/c1-2-24-19-11-14(7-9-21-19)12-22-18(23)13-25-17-8-10-20-16-6-4-3-5-15(16)17/h7-11H,2-6,12-13H2,1H3,(H,22,23). The highest BCUT2D eigenvalue weighted by Crippen LogP contribution is 2.27. The van der Waals surface area contributed by atoms with Gasteiger partial charge in [0, 0.05) is 36.3 Å². The topological polar surface area (TPSA) is 73.3 Å². The third kappa shape index (κ3) is 4.68. The molecule has 0 bridgehead atoms. The smallest absolute Gasteiger partial charge is 0.258 e. The zero-order chi connectivity index (χ0) is 17.5. The number of aromatic nitrogens is 2. The minimum Gasteiger partial charge on any atom is -0.483 e. The monoisotopic (exact) mass is 341 g/mol. The van der Waals surface area contributed by atoms with Crippen LogP contribution in [0.15, 0.2) is 30.6 Å². The Hall–Kier alpha value is -2.63. The Morgan fingerprint density at radius 2 is 2.00 bits per heavy atom. The summed E-state index contributed by atoms with van der Waals surface area (Å²) in [4.78, 5) is 20.6. The molecule has 25 heavy (non-hydrogen) atoms. The number of aryl methyl sites for hydroxylation is 1. The SMILES string of the molecule is CCOc1cc(CNC(=O)COc2ccnc3c2CCCC3)ccn1.